The molecule has 0 aliphatic heterocycles. The molecular formula is C14H20N4O2. The van der Waals surface area contributed by atoms with Crippen molar-refractivity contribution >= 4 is 0 Å². The molecular weight excluding hydrogens is 256 g/mol. The second-order valence-electron chi connectivity index (χ2n) is 4.49. The topological polar surface area (TPSA) is 75.2 Å². The van der Waals surface area contributed by atoms with E-state index in [2.05, 4.69) is 17.2 Å². The minimum absolute atomic E-state index is 0.359. The van der Waals surface area contributed by atoms with Crippen LogP contribution in [0.4, 0.5) is 0 Å². The van der Waals surface area contributed by atoms with Gasteiger partial charge in [-0.05, 0) is 12.5 Å². The average molecular weight is 276 g/mol. The van der Waals surface area contributed by atoms with Gasteiger partial charge in [0.2, 0.25) is 0 Å². The maximum atomic E-state index is 5.77. The molecule has 108 valence electrons. The summed E-state index contributed by atoms with van der Waals surface area (Å²) < 4.78 is 13.0. The maximum Gasteiger partial charge on any atom is 0.134 e. The van der Waals surface area contributed by atoms with Crippen molar-refractivity contribution in [2.75, 3.05) is 6.61 Å². The fourth-order valence-corrected chi connectivity index (χ4v) is 1.76. The molecule has 2 N–H and O–H groups in total. The quantitative estimate of drug-likeness (QED) is 0.832. The number of nitrogens with zero attached hydrogens (tertiary/aromatic N) is 3. The molecule has 2 rings (SSSR count). The van der Waals surface area contributed by atoms with Gasteiger partial charge in [0, 0.05) is 25.2 Å². The lowest BCUT2D eigenvalue weighted by molar-refractivity contribution is 0.289. The number of rotatable bonds is 7. The molecule has 0 amide bonds. The largest absolute Gasteiger partial charge is 0.493 e. The van der Waals surface area contributed by atoms with Crippen molar-refractivity contribution in [1.29, 1.82) is 0 Å². The zero-order valence-corrected chi connectivity index (χ0v) is 11.9. The molecule has 6 nitrogen and oxygen atoms in total. The Labute approximate surface area is 118 Å². The van der Waals surface area contributed by atoms with Crippen molar-refractivity contribution < 1.29 is 9.47 Å². The fraction of sp³-hybridized carbons (Fsp3) is 0.429. The zero-order valence-electron chi connectivity index (χ0n) is 11.9. The Balaban J connectivity index is 2.07. The van der Waals surface area contributed by atoms with Crippen LogP contribution in [0.25, 0.3) is 0 Å². The Hall–Kier alpha value is -2.08. The SMILES string of the molecule is CCCOc1ccc(CN)c(OCc2cn(C)nn2)c1. The number of aromatic nitrogens is 3. The van der Waals surface area contributed by atoms with E-state index in [1.165, 1.54) is 0 Å². The maximum absolute atomic E-state index is 5.77. The van der Waals surface area contributed by atoms with Crippen LogP contribution in [0.5, 0.6) is 11.5 Å². The molecule has 0 unspecified atom stereocenters. The monoisotopic (exact) mass is 276 g/mol. The molecule has 0 radical (unpaired) electrons. The highest BCUT2D eigenvalue weighted by atomic mass is 16.5. The number of nitrogens with two attached hydrogens (primary N) is 1. The molecule has 0 bridgehead atoms. The lowest BCUT2D eigenvalue weighted by Crippen LogP contribution is -2.04. The molecule has 2 aromatic rings. The Morgan fingerprint density at radius 1 is 1.30 bits per heavy atom. The predicted octanol–water partition coefficient (Wildman–Crippen LogP) is 1.64. The van der Waals surface area contributed by atoms with Crippen molar-refractivity contribution in [1.82, 2.24) is 15.0 Å². The summed E-state index contributed by atoms with van der Waals surface area (Å²) in [7, 11) is 1.82. The van der Waals surface area contributed by atoms with Gasteiger partial charge in [0.15, 0.2) is 0 Å². The molecule has 0 aliphatic carbocycles. The highest BCUT2D eigenvalue weighted by molar-refractivity contribution is 5.40. The lowest BCUT2D eigenvalue weighted by Gasteiger charge is -2.12. The summed E-state index contributed by atoms with van der Waals surface area (Å²) in [5.41, 5.74) is 7.44. The van der Waals surface area contributed by atoms with Crippen LogP contribution in [0, 0.1) is 0 Å². The number of hydrogen-bond donors (Lipinski definition) is 1. The molecule has 20 heavy (non-hydrogen) atoms. The van der Waals surface area contributed by atoms with Crippen molar-refractivity contribution in [3.63, 3.8) is 0 Å². The first-order valence-electron chi connectivity index (χ1n) is 6.66. The summed E-state index contributed by atoms with van der Waals surface area (Å²) in [6, 6.07) is 5.71. The molecule has 1 aromatic carbocycles. The number of hydrogen-bond acceptors (Lipinski definition) is 5. The van der Waals surface area contributed by atoms with E-state index in [-0.39, 0.29) is 0 Å². The van der Waals surface area contributed by atoms with Gasteiger partial charge in [-0.1, -0.05) is 18.2 Å². The third-order valence-corrected chi connectivity index (χ3v) is 2.76. The minimum Gasteiger partial charge on any atom is -0.493 e. The first kappa shape index (κ1) is 14.3. The van der Waals surface area contributed by atoms with E-state index >= 15 is 0 Å². The number of aryl methyl sites for hydroxylation is 1. The third-order valence-electron chi connectivity index (χ3n) is 2.76. The van der Waals surface area contributed by atoms with E-state index < -0.39 is 0 Å². The van der Waals surface area contributed by atoms with E-state index in [1.807, 2.05) is 31.4 Å². The molecule has 0 saturated carbocycles. The van der Waals surface area contributed by atoms with E-state index in [4.69, 9.17) is 15.2 Å². The second kappa shape index (κ2) is 6.91. The highest BCUT2D eigenvalue weighted by Gasteiger charge is 2.07. The van der Waals surface area contributed by atoms with Crippen molar-refractivity contribution in [2.45, 2.75) is 26.5 Å². The fourth-order valence-electron chi connectivity index (χ4n) is 1.76. The second-order valence-corrected chi connectivity index (χ2v) is 4.49. The van der Waals surface area contributed by atoms with Gasteiger partial charge in [0.05, 0.1) is 12.8 Å². The first-order valence-corrected chi connectivity index (χ1v) is 6.66. The Morgan fingerprint density at radius 2 is 2.15 bits per heavy atom. The van der Waals surface area contributed by atoms with Crippen LogP contribution in [0.15, 0.2) is 24.4 Å². The Kier molecular flexibility index (Phi) is 4.95. The highest BCUT2D eigenvalue weighted by Crippen LogP contribution is 2.25. The third kappa shape index (κ3) is 3.71. The smallest absolute Gasteiger partial charge is 0.134 e. The van der Waals surface area contributed by atoms with Crippen molar-refractivity contribution in [3.8, 4) is 11.5 Å². The van der Waals surface area contributed by atoms with Crippen LogP contribution in [0.3, 0.4) is 0 Å². The average Bonchev–Trinajstić information content (AvgIpc) is 2.88. The van der Waals surface area contributed by atoms with E-state index in [0.29, 0.717) is 19.8 Å². The summed E-state index contributed by atoms with van der Waals surface area (Å²) in [6.45, 7) is 3.53. The van der Waals surface area contributed by atoms with Gasteiger partial charge in [-0.3, -0.25) is 4.68 Å². The summed E-state index contributed by atoms with van der Waals surface area (Å²) in [6.07, 6.45) is 2.79. The molecule has 0 atom stereocenters. The first-order chi connectivity index (χ1) is 9.72. The van der Waals surface area contributed by atoms with Gasteiger partial charge >= 0.3 is 0 Å². The zero-order chi connectivity index (χ0) is 14.4. The lowest BCUT2D eigenvalue weighted by atomic mass is 10.2. The molecule has 6 heteroatoms. The van der Waals surface area contributed by atoms with Crippen LogP contribution in [0.1, 0.15) is 24.6 Å². The molecule has 1 heterocycles. The van der Waals surface area contributed by atoms with Gasteiger partial charge in [-0.2, -0.15) is 0 Å². The Morgan fingerprint density at radius 3 is 2.80 bits per heavy atom. The van der Waals surface area contributed by atoms with Crippen LogP contribution in [0.2, 0.25) is 0 Å². The minimum atomic E-state index is 0.359. The molecule has 0 spiro atoms. The van der Waals surface area contributed by atoms with Crippen molar-refractivity contribution in [2.24, 2.45) is 12.8 Å². The summed E-state index contributed by atoms with van der Waals surface area (Å²) >= 11 is 0. The Bertz CT molecular complexity index is 554. The summed E-state index contributed by atoms with van der Waals surface area (Å²) in [5.74, 6) is 1.52. The van der Waals surface area contributed by atoms with Gasteiger partial charge in [-0.25, -0.2) is 0 Å². The van der Waals surface area contributed by atoms with Crippen LogP contribution < -0.4 is 15.2 Å². The number of ether oxygens (including phenoxy) is 2. The molecule has 0 fully saturated rings. The normalized spacial score (nSPS) is 10.6. The summed E-state index contributed by atoms with van der Waals surface area (Å²) in [5, 5.41) is 7.85. The van der Waals surface area contributed by atoms with Gasteiger partial charge in [0.25, 0.3) is 0 Å². The number of benzene rings is 1. The van der Waals surface area contributed by atoms with Crippen LogP contribution in [-0.2, 0) is 20.2 Å². The molecule has 0 aliphatic rings. The van der Waals surface area contributed by atoms with Gasteiger partial charge in [-0.15, -0.1) is 5.10 Å². The predicted molar refractivity (Wildman–Crippen MR) is 75.5 cm³/mol. The van der Waals surface area contributed by atoms with Crippen LogP contribution in [-0.4, -0.2) is 21.6 Å². The van der Waals surface area contributed by atoms with Crippen LogP contribution >= 0.6 is 0 Å². The summed E-state index contributed by atoms with van der Waals surface area (Å²) in [4.78, 5) is 0. The van der Waals surface area contributed by atoms with Gasteiger partial charge < -0.3 is 15.2 Å². The van der Waals surface area contributed by atoms with E-state index in [0.717, 1.165) is 29.2 Å². The van der Waals surface area contributed by atoms with E-state index in [1.54, 1.807) is 4.68 Å². The van der Waals surface area contributed by atoms with Crippen molar-refractivity contribution in [3.05, 3.63) is 35.7 Å². The van der Waals surface area contributed by atoms with Gasteiger partial charge in [0.1, 0.15) is 23.8 Å². The molecule has 0 saturated heterocycles. The molecule has 1 aromatic heterocycles. The van der Waals surface area contributed by atoms with E-state index in [9.17, 15) is 0 Å². The standard InChI is InChI=1S/C14H20N4O2/c1-3-6-19-13-5-4-11(8-15)14(7-13)20-10-12-9-18(2)17-16-12/h4-5,7,9H,3,6,8,10,15H2,1-2H3.